The summed E-state index contributed by atoms with van der Waals surface area (Å²) in [4.78, 5) is 21.0. The van der Waals surface area contributed by atoms with Gasteiger partial charge in [-0.15, -0.1) is 0 Å². The minimum Gasteiger partial charge on any atom is -0.484 e. The van der Waals surface area contributed by atoms with Gasteiger partial charge in [0.2, 0.25) is 5.75 Å². The molecule has 0 saturated heterocycles. The quantitative estimate of drug-likeness (QED) is 0.446. The lowest BCUT2D eigenvalue weighted by atomic mass is 10.1. The van der Waals surface area contributed by atoms with Crippen molar-refractivity contribution in [3.05, 3.63) is 33.4 Å². The van der Waals surface area contributed by atoms with Gasteiger partial charge in [0.05, 0.1) is 16.6 Å². The van der Waals surface area contributed by atoms with E-state index in [1.807, 2.05) is 0 Å². The van der Waals surface area contributed by atoms with Gasteiger partial charge in [0.1, 0.15) is 0 Å². The number of nitrogens with zero attached hydrogens (tertiary/aromatic N) is 1. The third kappa shape index (κ3) is 2.36. The Hall–Kier alpha value is -1.91. The molecule has 0 heterocycles. The topological polar surface area (TPSA) is 69.4 Å². The number of hydrogen-bond donors (Lipinski definition) is 0. The molecule has 0 saturated carbocycles. The third-order valence-electron chi connectivity index (χ3n) is 2.02. The van der Waals surface area contributed by atoms with Crippen LogP contribution in [0.3, 0.4) is 0 Å². The second kappa shape index (κ2) is 4.74. The molecule has 1 aromatic carbocycles. The molecular formula is C11H13NO4. The molecule has 1 rings (SSSR count). The number of hydrogen-bond acceptors (Lipinski definition) is 4. The minimum atomic E-state index is -0.589. The number of carbonyl (C=O) groups is 1. The van der Waals surface area contributed by atoms with Crippen LogP contribution in [-0.4, -0.2) is 17.3 Å². The molecule has 0 amide bonds. The SMILES string of the molecule is Cc1ccc(C=O)c([N+](=O)[O-])c1OC(C)C. The number of aryl methyl sites for hydroxylation is 1. The Morgan fingerprint density at radius 3 is 2.50 bits per heavy atom. The molecule has 0 aliphatic rings. The first-order valence-corrected chi connectivity index (χ1v) is 4.87. The molecule has 0 N–H and O–H groups in total. The van der Waals surface area contributed by atoms with E-state index in [1.165, 1.54) is 6.07 Å². The number of nitro groups is 1. The van der Waals surface area contributed by atoms with Crippen molar-refractivity contribution in [2.24, 2.45) is 0 Å². The molecule has 0 atom stereocenters. The van der Waals surface area contributed by atoms with Crippen LogP contribution in [-0.2, 0) is 0 Å². The van der Waals surface area contributed by atoms with Gasteiger partial charge in [0.25, 0.3) is 0 Å². The molecule has 86 valence electrons. The molecule has 0 unspecified atom stereocenters. The summed E-state index contributed by atoms with van der Waals surface area (Å²) in [5.41, 5.74) is 0.418. The molecule has 0 spiro atoms. The van der Waals surface area contributed by atoms with Crippen LogP contribution >= 0.6 is 0 Å². The number of carbonyl (C=O) groups excluding carboxylic acids is 1. The molecule has 0 aromatic heterocycles. The highest BCUT2D eigenvalue weighted by atomic mass is 16.6. The molecule has 5 nitrogen and oxygen atoms in total. The van der Waals surface area contributed by atoms with Crippen molar-refractivity contribution in [2.45, 2.75) is 26.9 Å². The van der Waals surface area contributed by atoms with E-state index in [-0.39, 0.29) is 23.1 Å². The molecule has 0 aliphatic carbocycles. The van der Waals surface area contributed by atoms with Gasteiger partial charge in [-0.25, -0.2) is 0 Å². The summed E-state index contributed by atoms with van der Waals surface area (Å²) in [6, 6.07) is 3.06. The highest BCUT2D eigenvalue weighted by molar-refractivity contribution is 5.84. The van der Waals surface area contributed by atoms with Crippen LogP contribution in [0.2, 0.25) is 0 Å². The summed E-state index contributed by atoms with van der Waals surface area (Å²) in [5.74, 6) is 0.171. The molecule has 0 aliphatic heterocycles. The van der Waals surface area contributed by atoms with Gasteiger partial charge in [0.15, 0.2) is 6.29 Å². The average molecular weight is 223 g/mol. The highest BCUT2D eigenvalue weighted by Crippen LogP contribution is 2.34. The lowest BCUT2D eigenvalue weighted by Crippen LogP contribution is -2.10. The van der Waals surface area contributed by atoms with Gasteiger partial charge in [-0.05, 0) is 32.4 Å². The number of rotatable bonds is 4. The maximum atomic E-state index is 10.9. The van der Waals surface area contributed by atoms with E-state index in [1.54, 1.807) is 26.8 Å². The van der Waals surface area contributed by atoms with E-state index in [9.17, 15) is 14.9 Å². The number of ether oxygens (including phenoxy) is 1. The zero-order chi connectivity index (χ0) is 12.3. The molecule has 16 heavy (non-hydrogen) atoms. The smallest absolute Gasteiger partial charge is 0.321 e. The number of aldehydes is 1. The first-order valence-electron chi connectivity index (χ1n) is 4.87. The van der Waals surface area contributed by atoms with E-state index >= 15 is 0 Å². The molecule has 5 heteroatoms. The van der Waals surface area contributed by atoms with Crippen LogP contribution in [0.4, 0.5) is 5.69 Å². The predicted molar refractivity (Wildman–Crippen MR) is 59.0 cm³/mol. The van der Waals surface area contributed by atoms with Crippen LogP contribution in [0.1, 0.15) is 29.8 Å². The highest BCUT2D eigenvalue weighted by Gasteiger charge is 2.23. The second-order valence-corrected chi connectivity index (χ2v) is 3.69. The summed E-state index contributed by atoms with van der Waals surface area (Å²) < 4.78 is 5.38. The summed E-state index contributed by atoms with van der Waals surface area (Å²) in [7, 11) is 0. The van der Waals surface area contributed by atoms with Crippen molar-refractivity contribution in [1.29, 1.82) is 0 Å². The zero-order valence-electron chi connectivity index (χ0n) is 9.39. The largest absolute Gasteiger partial charge is 0.484 e. The summed E-state index contributed by atoms with van der Waals surface area (Å²) in [5, 5.41) is 10.9. The van der Waals surface area contributed by atoms with Crippen LogP contribution in [0.15, 0.2) is 12.1 Å². The molecule has 1 aromatic rings. The summed E-state index contributed by atoms with van der Waals surface area (Å²) in [6.45, 7) is 5.26. The number of nitro benzene ring substituents is 1. The van der Waals surface area contributed by atoms with Gasteiger partial charge in [-0.3, -0.25) is 14.9 Å². The fourth-order valence-electron chi connectivity index (χ4n) is 1.36. The van der Waals surface area contributed by atoms with Gasteiger partial charge in [-0.2, -0.15) is 0 Å². The van der Waals surface area contributed by atoms with E-state index < -0.39 is 4.92 Å². The first kappa shape index (κ1) is 12.2. The Morgan fingerprint density at radius 1 is 1.44 bits per heavy atom. The normalized spacial score (nSPS) is 10.2. The fraction of sp³-hybridized carbons (Fsp3) is 0.364. The number of benzene rings is 1. The van der Waals surface area contributed by atoms with Crippen molar-refractivity contribution >= 4 is 12.0 Å². The maximum Gasteiger partial charge on any atom is 0.321 e. The minimum absolute atomic E-state index is 0.0336. The van der Waals surface area contributed by atoms with Crippen molar-refractivity contribution < 1.29 is 14.5 Å². The van der Waals surface area contributed by atoms with E-state index in [0.29, 0.717) is 11.8 Å². The Bertz CT molecular complexity index is 426. The van der Waals surface area contributed by atoms with E-state index in [0.717, 1.165) is 0 Å². The zero-order valence-corrected chi connectivity index (χ0v) is 9.39. The van der Waals surface area contributed by atoms with Gasteiger partial charge >= 0.3 is 5.69 Å². The molecule has 0 bridgehead atoms. The third-order valence-corrected chi connectivity index (χ3v) is 2.02. The van der Waals surface area contributed by atoms with Gasteiger partial charge in [-0.1, -0.05) is 6.07 Å². The Kier molecular flexibility index (Phi) is 3.60. The Balaban J connectivity index is 3.41. The first-order chi connectivity index (χ1) is 7.47. The Labute approximate surface area is 93.2 Å². The maximum absolute atomic E-state index is 10.9. The van der Waals surface area contributed by atoms with Gasteiger partial charge in [0, 0.05) is 0 Å². The van der Waals surface area contributed by atoms with Crippen LogP contribution < -0.4 is 4.74 Å². The monoisotopic (exact) mass is 223 g/mol. The lowest BCUT2D eigenvalue weighted by molar-refractivity contribution is -0.386. The average Bonchev–Trinajstić information content (AvgIpc) is 2.19. The van der Waals surface area contributed by atoms with Crippen LogP contribution in [0.5, 0.6) is 5.75 Å². The van der Waals surface area contributed by atoms with Gasteiger partial charge < -0.3 is 4.74 Å². The predicted octanol–water partition coefficient (Wildman–Crippen LogP) is 2.50. The van der Waals surface area contributed by atoms with E-state index in [4.69, 9.17) is 4.74 Å². The van der Waals surface area contributed by atoms with Crippen LogP contribution in [0.25, 0.3) is 0 Å². The lowest BCUT2D eigenvalue weighted by Gasteiger charge is -2.13. The van der Waals surface area contributed by atoms with E-state index in [2.05, 4.69) is 0 Å². The molecular weight excluding hydrogens is 210 g/mol. The standard InChI is InChI=1S/C11H13NO4/c1-7(2)16-11-8(3)4-5-9(6-13)10(11)12(14)15/h4-7H,1-3H3. The van der Waals surface area contributed by atoms with Crippen molar-refractivity contribution in [3.63, 3.8) is 0 Å². The van der Waals surface area contributed by atoms with Crippen LogP contribution in [0, 0.1) is 17.0 Å². The van der Waals surface area contributed by atoms with Crippen molar-refractivity contribution in [2.75, 3.05) is 0 Å². The summed E-state index contributed by atoms with van der Waals surface area (Å²) in [6.07, 6.45) is 0.282. The Morgan fingerprint density at radius 2 is 2.06 bits per heavy atom. The molecule has 0 radical (unpaired) electrons. The molecule has 0 fully saturated rings. The fourth-order valence-corrected chi connectivity index (χ4v) is 1.36. The van der Waals surface area contributed by atoms with Crippen molar-refractivity contribution in [3.8, 4) is 5.75 Å². The van der Waals surface area contributed by atoms with Crippen molar-refractivity contribution in [1.82, 2.24) is 0 Å². The second-order valence-electron chi connectivity index (χ2n) is 3.69. The summed E-state index contributed by atoms with van der Waals surface area (Å²) >= 11 is 0.